The van der Waals surface area contributed by atoms with Gasteiger partial charge in [-0.05, 0) is 31.9 Å². The van der Waals surface area contributed by atoms with E-state index in [9.17, 15) is 4.79 Å². The highest BCUT2D eigenvalue weighted by Crippen LogP contribution is 2.14. The Hall–Kier alpha value is -1.91. The Morgan fingerprint density at radius 3 is 2.63 bits per heavy atom. The zero-order chi connectivity index (χ0) is 13.2. The van der Waals surface area contributed by atoms with Crippen molar-refractivity contribution in [2.45, 2.75) is 32.6 Å². The molecular formula is C14H18N4O. The maximum absolute atomic E-state index is 12.5. The Morgan fingerprint density at radius 2 is 1.89 bits per heavy atom. The molecule has 1 aliphatic heterocycles. The smallest absolute Gasteiger partial charge is 0.254 e. The average molecular weight is 258 g/mol. The second-order valence-electron chi connectivity index (χ2n) is 5.10. The number of nitrogens with zero attached hydrogens (tertiary/aromatic N) is 4. The number of hydrogen-bond donors (Lipinski definition) is 0. The van der Waals surface area contributed by atoms with Crippen LogP contribution in [-0.4, -0.2) is 38.5 Å². The van der Waals surface area contributed by atoms with Crippen LogP contribution in [0.1, 0.15) is 41.9 Å². The fourth-order valence-electron chi connectivity index (χ4n) is 2.60. The first-order valence-corrected chi connectivity index (χ1v) is 6.86. The van der Waals surface area contributed by atoms with Crippen LogP contribution in [0.25, 0.3) is 5.65 Å². The van der Waals surface area contributed by atoms with Crippen LogP contribution in [0.2, 0.25) is 0 Å². The largest absolute Gasteiger partial charge is 0.339 e. The predicted octanol–water partition coefficient (Wildman–Crippen LogP) is 2.05. The first kappa shape index (κ1) is 12.1. The van der Waals surface area contributed by atoms with E-state index in [1.807, 2.05) is 34.6 Å². The molecule has 100 valence electrons. The molecule has 0 unspecified atom stereocenters. The van der Waals surface area contributed by atoms with Gasteiger partial charge in [-0.1, -0.05) is 12.8 Å². The van der Waals surface area contributed by atoms with Gasteiger partial charge < -0.3 is 4.90 Å². The zero-order valence-corrected chi connectivity index (χ0v) is 11.2. The van der Waals surface area contributed by atoms with E-state index in [0.717, 1.165) is 37.4 Å². The van der Waals surface area contributed by atoms with Gasteiger partial charge in [0.2, 0.25) is 0 Å². The molecule has 0 saturated carbocycles. The Morgan fingerprint density at radius 1 is 1.16 bits per heavy atom. The Bertz CT molecular complexity index is 597. The minimum atomic E-state index is 0.116. The number of aromatic nitrogens is 3. The fraction of sp³-hybridized carbons (Fsp3) is 0.500. The third-order valence-electron chi connectivity index (χ3n) is 3.72. The van der Waals surface area contributed by atoms with Crippen molar-refractivity contribution >= 4 is 11.6 Å². The van der Waals surface area contributed by atoms with Crippen LogP contribution in [0.15, 0.2) is 18.3 Å². The molecule has 1 saturated heterocycles. The van der Waals surface area contributed by atoms with E-state index in [1.54, 1.807) is 0 Å². The summed E-state index contributed by atoms with van der Waals surface area (Å²) in [6, 6.07) is 3.68. The van der Waals surface area contributed by atoms with E-state index in [1.165, 1.54) is 12.8 Å². The van der Waals surface area contributed by atoms with Crippen molar-refractivity contribution in [2.24, 2.45) is 0 Å². The van der Waals surface area contributed by atoms with Crippen molar-refractivity contribution < 1.29 is 4.79 Å². The summed E-state index contributed by atoms with van der Waals surface area (Å²) < 4.78 is 1.89. The number of aryl methyl sites for hydroxylation is 1. The van der Waals surface area contributed by atoms with Crippen LogP contribution in [0.4, 0.5) is 0 Å². The number of amides is 1. The van der Waals surface area contributed by atoms with Gasteiger partial charge in [0.25, 0.3) is 5.91 Å². The summed E-state index contributed by atoms with van der Waals surface area (Å²) in [4.78, 5) is 14.4. The lowest BCUT2D eigenvalue weighted by Gasteiger charge is -2.20. The molecule has 19 heavy (non-hydrogen) atoms. The van der Waals surface area contributed by atoms with E-state index < -0.39 is 0 Å². The van der Waals surface area contributed by atoms with Gasteiger partial charge in [0, 0.05) is 24.8 Å². The molecule has 1 amide bonds. The Kier molecular flexibility index (Phi) is 3.19. The molecule has 0 N–H and O–H groups in total. The van der Waals surface area contributed by atoms with Gasteiger partial charge in [0.1, 0.15) is 5.82 Å². The van der Waals surface area contributed by atoms with E-state index in [2.05, 4.69) is 10.2 Å². The third kappa shape index (κ3) is 2.32. The van der Waals surface area contributed by atoms with Gasteiger partial charge in [-0.2, -0.15) is 0 Å². The van der Waals surface area contributed by atoms with Gasteiger partial charge >= 0.3 is 0 Å². The van der Waals surface area contributed by atoms with Crippen molar-refractivity contribution in [3.8, 4) is 0 Å². The molecule has 3 heterocycles. The molecule has 2 aromatic heterocycles. The van der Waals surface area contributed by atoms with Crippen LogP contribution in [0.3, 0.4) is 0 Å². The first-order chi connectivity index (χ1) is 9.25. The predicted molar refractivity (Wildman–Crippen MR) is 72.1 cm³/mol. The molecule has 5 nitrogen and oxygen atoms in total. The van der Waals surface area contributed by atoms with Crippen LogP contribution < -0.4 is 0 Å². The van der Waals surface area contributed by atoms with Crippen molar-refractivity contribution in [1.29, 1.82) is 0 Å². The van der Waals surface area contributed by atoms with Crippen LogP contribution in [-0.2, 0) is 0 Å². The monoisotopic (exact) mass is 258 g/mol. The molecule has 1 aliphatic rings. The van der Waals surface area contributed by atoms with E-state index in [0.29, 0.717) is 5.56 Å². The summed E-state index contributed by atoms with van der Waals surface area (Å²) in [5.74, 6) is 0.953. The first-order valence-electron chi connectivity index (χ1n) is 6.86. The summed E-state index contributed by atoms with van der Waals surface area (Å²) in [6.45, 7) is 3.64. The lowest BCUT2D eigenvalue weighted by atomic mass is 10.2. The topological polar surface area (TPSA) is 50.5 Å². The van der Waals surface area contributed by atoms with E-state index in [-0.39, 0.29) is 5.91 Å². The van der Waals surface area contributed by atoms with E-state index in [4.69, 9.17) is 0 Å². The molecule has 0 spiro atoms. The number of carbonyl (C=O) groups is 1. The molecule has 0 radical (unpaired) electrons. The maximum atomic E-state index is 12.5. The molecule has 5 heteroatoms. The summed E-state index contributed by atoms with van der Waals surface area (Å²) in [7, 11) is 0. The van der Waals surface area contributed by atoms with Crippen molar-refractivity contribution in [3.05, 3.63) is 29.7 Å². The Balaban J connectivity index is 1.88. The average Bonchev–Trinajstić information content (AvgIpc) is 2.67. The highest BCUT2D eigenvalue weighted by atomic mass is 16.2. The van der Waals surface area contributed by atoms with Crippen LogP contribution in [0, 0.1) is 6.92 Å². The van der Waals surface area contributed by atoms with Gasteiger partial charge in [0.15, 0.2) is 5.65 Å². The van der Waals surface area contributed by atoms with Gasteiger partial charge in [-0.15, -0.1) is 10.2 Å². The van der Waals surface area contributed by atoms with Crippen molar-refractivity contribution in [2.75, 3.05) is 13.1 Å². The quantitative estimate of drug-likeness (QED) is 0.786. The number of pyridine rings is 1. The van der Waals surface area contributed by atoms with Gasteiger partial charge in [-0.3, -0.25) is 9.20 Å². The summed E-state index contributed by atoms with van der Waals surface area (Å²) in [6.07, 6.45) is 6.55. The highest BCUT2D eigenvalue weighted by Gasteiger charge is 2.18. The van der Waals surface area contributed by atoms with E-state index >= 15 is 0 Å². The van der Waals surface area contributed by atoms with Crippen LogP contribution in [0.5, 0.6) is 0 Å². The highest BCUT2D eigenvalue weighted by molar-refractivity contribution is 5.95. The van der Waals surface area contributed by atoms with Gasteiger partial charge in [-0.25, -0.2) is 0 Å². The zero-order valence-electron chi connectivity index (χ0n) is 11.2. The maximum Gasteiger partial charge on any atom is 0.254 e. The molecule has 3 rings (SSSR count). The molecule has 0 bridgehead atoms. The molecule has 0 aromatic carbocycles. The lowest BCUT2D eigenvalue weighted by Crippen LogP contribution is -2.31. The normalized spacial score (nSPS) is 16.6. The van der Waals surface area contributed by atoms with Crippen molar-refractivity contribution in [1.82, 2.24) is 19.5 Å². The van der Waals surface area contributed by atoms with Crippen LogP contribution >= 0.6 is 0 Å². The molecule has 0 aliphatic carbocycles. The van der Waals surface area contributed by atoms with Gasteiger partial charge in [0.05, 0.1) is 0 Å². The minimum absolute atomic E-state index is 0.116. The second kappa shape index (κ2) is 4.99. The standard InChI is InChI=1S/C14H18N4O/c1-11-15-16-13-10-12(6-9-18(11)13)14(19)17-7-4-2-3-5-8-17/h6,9-10H,2-5,7-8H2,1H3. The summed E-state index contributed by atoms with van der Waals surface area (Å²) in [5, 5.41) is 8.08. The number of hydrogen-bond acceptors (Lipinski definition) is 3. The number of likely N-dealkylation sites (tertiary alicyclic amines) is 1. The molecular weight excluding hydrogens is 240 g/mol. The molecule has 2 aromatic rings. The Labute approximate surface area is 112 Å². The third-order valence-corrected chi connectivity index (χ3v) is 3.72. The molecule has 1 fully saturated rings. The summed E-state index contributed by atoms with van der Waals surface area (Å²) >= 11 is 0. The number of fused-ring (bicyclic) bond motifs is 1. The SMILES string of the molecule is Cc1nnc2cc(C(=O)N3CCCCCC3)ccn12. The second-order valence-corrected chi connectivity index (χ2v) is 5.10. The molecule has 0 atom stereocenters. The number of carbonyl (C=O) groups excluding carboxylic acids is 1. The fourth-order valence-corrected chi connectivity index (χ4v) is 2.60. The lowest BCUT2D eigenvalue weighted by molar-refractivity contribution is 0.0761. The number of rotatable bonds is 1. The minimum Gasteiger partial charge on any atom is -0.339 e. The summed E-state index contributed by atoms with van der Waals surface area (Å²) in [5.41, 5.74) is 1.44. The van der Waals surface area contributed by atoms with Crippen molar-refractivity contribution in [3.63, 3.8) is 0 Å².